The molecule has 0 fully saturated rings. The lowest BCUT2D eigenvalue weighted by atomic mass is 10.0. The number of isocyanates is 2. The average Bonchev–Trinajstić information content (AvgIpc) is 2.43. The van der Waals surface area contributed by atoms with Crippen LogP contribution in [0.5, 0.6) is 0 Å². The first-order chi connectivity index (χ1) is 9.29. The highest BCUT2D eigenvalue weighted by Gasteiger charge is 2.17. The Labute approximate surface area is 113 Å². The van der Waals surface area contributed by atoms with Crippen molar-refractivity contribution in [3.05, 3.63) is 25.3 Å². The number of ether oxygens (including phenoxy) is 1. The minimum absolute atomic E-state index is 0.274. The summed E-state index contributed by atoms with van der Waals surface area (Å²) in [5.41, 5.74) is 0. The molecule has 0 N–H and O–H groups in total. The van der Waals surface area contributed by atoms with Gasteiger partial charge >= 0.3 is 0 Å². The van der Waals surface area contributed by atoms with E-state index >= 15 is 0 Å². The fraction of sp³-hybridized carbons (Fsp3) is 0.571. The summed E-state index contributed by atoms with van der Waals surface area (Å²) in [4.78, 5) is 27.5. The molecule has 0 aliphatic heterocycles. The molecule has 104 valence electrons. The van der Waals surface area contributed by atoms with Gasteiger partial charge in [0.25, 0.3) is 0 Å². The zero-order valence-corrected chi connectivity index (χ0v) is 11.1. The molecule has 0 aliphatic carbocycles. The van der Waals surface area contributed by atoms with E-state index < -0.39 is 0 Å². The van der Waals surface area contributed by atoms with Crippen LogP contribution in [0.4, 0.5) is 0 Å². The number of nitrogens with zero attached hydrogens (tertiary/aromatic N) is 2. The second kappa shape index (κ2) is 12.7. The SMILES string of the molecule is C=CCOC(C=C)C(CCCCCN=C=O)N=C=O. The molecule has 2 unspecified atom stereocenters. The summed E-state index contributed by atoms with van der Waals surface area (Å²) in [6.45, 7) is 8.12. The molecule has 0 amide bonds. The maximum Gasteiger partial charge on any atom is 0.235 e. The molecule has 0 heterocycles. The van der Waals surface area contributed by atoms with Gasteiger partial charge in [0.05, 0.1) is 25.3 Å². The number of unbranched alkanes of at least 4 members (excludes halogenated alkanes) is 2. The summed E-state index contributed by atoms with van der Waals surface area (Å²) in [5, 5.41) is 0. The smallest absolute Gasteiger partial charge is 0.235 e. The molecule has 0 bridgehead atoms. The van der Waals surface area contributed by atoms with E-state index in [1.54, 1.807) is 18.2 Å². The van der Waals surface area contributed by atoms with Crippen LogP contribution in [0.2, 0.25) is 0 Å². The van der Waals surface area contributed by atoms with Gasteiger partial charge in [0.2, 0.25) is 12.2 Å². The Morgan fingerprint density at radius 2 is 1.95 bits per heavy atom. The van der Waals surface area contributed by atoms with E-state index in [1.807, 2.05) is 0 Å². The van der Waals surface area contributed by atoms with Crippen molar-refractivity contribution in [2.45, 2.75) is 37.8 Å². The molecule has 19 heavy (non-hydrogen) atoms. The molecule has 0 aromatic heterocycles. The standard InChI is InChI=1S/C14H20N2O3/c1-3-10-19-14(4-2)13(16-12-18)8-6-5-7-9-15-11-17/h3-4,13-14H,1-2,5-10H2. The van der Waals surface area contributed by atoms with Crippen molar-refractivity contribution in [1.29, 1.82) is 0 Å². The lowest BCUT2D eigenvalue weighted by Gasteiger charge is -2.19. The van der Waals surface area contributed by atoms with Crippen molar-refractivity contribution in [2.75, 3.05) is 13.2 Å². The molecule has 0 rings (SSSR count). The molecular formula is C14H20N2O3. The van der Waals surface area contributed by atoms with E-state index in [0.717, 1.165) is 19.3 Å². The van der Waals surface area contributed by atoms with Crippen LogP contribution in [0, 0.1) is 0 Å². The fourth-order valence-corrected chi connectivity index (χ4v) is 1.65. The summed E-state index contributed by atoms with van der Waals surface area (Å²) in [7, 11) is 0. The molecule has 0 aliphatic rings. The third-order valence-electron chi connectivity index (χ3n) is 2.57. The van der Waals surface area contributed by atoms with Crippen LogP contribution in [0.25, 0.3) is 0 Å². The van der Waals surface area contributed by atoms with E-state index in [2.05, 4.69) is 23.1 Å². The number of hydrogen-bond acceptors (Lipinski definition) is 5. The Balaban J connectivity index is 4.14. The highest BCUT2D eigenvalue weighted by molar-refractivity contribution is 5.34. The van der Waals surface area contributed by atoms with Crippen LogP contribution in [0.15, 0.2) is 35.3 Å². The summed E-state index contributed by atoms with van der Waals surface area (Å²) in [6, 6.07) is -0.274. The lowest BCUT2D eigenvalue weighted by Crippen LogP contribution is -2.25. The predicted octanol–water partition coefficient (Wildman–Crippen LogP) is 2.34. The highest BCUT2D eigenvalue weighted by atomic mass is 16.5. The Hall–Kier alpha value is -1.80. The van der Waals surface area contributed by atoms with Gasteiger partial charge in [-0.2, -0.15) is 4.99 Å². The first-order valence-electron chi connectivity index (χ1n) is 6.25. The number of aliphatic imine (C=N–C) groups is 2. The molecule has 0 aromatic carbocycles. The zero-order chi connectivity index (χ0) is 14.3. The van der Waals surface area contributed by atoms with Crippen LogP contribution >= 0.6 is 0 Å². The molecule has 0 saturated heterocycles. The van der Waals surface area contributed by atoms with Crippen molar-refractivity contribution in [2.24, 2.45) is 9.98 Å². The lowest BCUT2D eigenvalue weighted by molar-refractivity contribution is 0.0873. The van der Waals surface area contributed by atoms with Gasteiger partial charge in [-0.05, 0) is 12.8 Å². The number of carbonyl (C=O) groups excluding carboxylic acids is 2. The monoisotopic (exact) mass is 264 g/mol. The number of rotatable bonds is 12. The minimum Gasteiger partial charge on any atom is -0.368 e. The van der Waals surface area contributed by atoms with E-state index in [4.69, 9.17) is 4.74 Å². The van der Waals surface area contributed by atoms with Gasteiger partial charge < -0.3 is 4.74 Å². The van der Waals surface area contributed by atoms with Crippen molar-refractivity contribution in [1.82, 2.24) is 0 Å². The average molecular weight is 264 g/mol. The Kier molecular flexibility index (Phi) is 11.5. The largest absolute Gasteiger partial charge is 0.368 e. The topological polar surface area (TPSA) is 68.1 Å². The summed E-state index contributed by atoms with van der Waals surface area (Å²) in [6.07, 6.45) is 9.32. The second-order valence-electron chi connectivity index (χ2n) is 3.93. The molecule has 5 heteroatoms. The van der Waals surface area contributed by atoms with E-state index in [1.165, 1.54) is 6.08 Å². The Morgan fingerprint density at radius 3 is 2.53 bits per heavy atom. The Morgan fingerprint density at radius 1 is 1.16 bits per heavy atom. The van der Waals surface area contributed by atoms with Gasteiger partial charge in [-0.3, -0.25) is 0 Å². The van der Waals surface area contributed by atoms with Gasteiger partial charge in [-0.15, -0.1) is 13.2 Å². The quantitative estimate of drug-likeness (QED) is 0.235. The summed E-state index contributed by atoms with van der Waals surface area (Å²) >= 11 is 0. The predicted molar refractivity (Wildman–Crippen MR) is 73.5 cm³/mol. The van der Waals surface area contributed by atoms with Gasteiger partial charge in [0, 0.05) is 0 Å². The van der Waals surface area contributed by atoms with Crippen molar-refractivity contribution in [3.8, 4) is 0 Å². The van der Waals surface area contributed by atoms with E-state index in [-0.39, 0.29) is 12.1 Å². The summed E-state index contributed by atoms with van der Waals surface area (Å²) in [5.74, 6) is 0. The normalized spacial score (nSPS) is 12.6. The summed E-state index contributed by atoms with van der Waals surface area (Å²) < 4.78 is 5.47. The van der Waals surface area contributed by atoms with Crippen LogP contribution in [-0.4, -0.2) is 37.5 Å². The molecule has 0 saturated carbocycles. The first kappa shape index (κ1) is 17.2. The second-order valence-corrected chi connectivity index (χ2v) is 3.93. The fourth-order valence-electron chi connectivity index (χ4n) is 1.65. The van der Waals surface area contributed by atoms with Crippen LogP contribution in [0.1, 0.15) is 25.7 Å². The minimum atomic E-state index is -0.313. The van der Waals surface area contributed by atoms with Crippen LogP contribution < -0.4 is 0 Å². The van der Waals surface area contributed by atoms with Gasteiger partial charge in [-0.25, -0.2) is 14.6 Å². The molecule has 0 spiro atoms. The third-order valence-corrected chi connectivity index (χ3v) is 2.57. The molecule has 0 radical (unpaired) electrons. The zero-order valence-electron chi connectivity index (χ0n) is 11.1. The Bertz CT molecular complexity index is 356. The van der Waals surface area contributed by atoms with Gasteiger partial charge in [-0.1, -0.05) is 25.0 Å². The maximum absolute atomic E-state index is 10.4. The highest BCUT2D eigenvalue weighted by Crippen LogP contribution is 2.14. The molecule has 0 aromatic rings. The van der Waals surface area contributed by atoms with Crippen LogP contribution in [-0.2, 0) is 14.3 Å². The van der Waals surface area contributed by atoms with Gasteiger partial charge in [0.1, 0.15) is 0 Å². The first-order valence-corrected chi connectivity index (χ1v) is 6.25. The van der Waals surface area contributed by atoms with Crippen molar-refractivity contribution >= 4 is 12.2 Å². The van der Waals surface area contributed by atoms with E-state index in [0.29, 0.717) is 19.6 Å². The van der Waals surface area contributed by atoms with E-state index in [9.17, 15) is 9.59 Å². The molecule has 5 nitrogen and oxygen atoms in total. The molecule has 2 atom stereocenters. The van der Waals surface area contributed by atoms with Crippen molar-refractivity contribution < 1.29 is 14.3 Å². The maximum atomic E-state index is 10.4. The third kappa shape index (κ3) is 8.86. The van der Waals surface area contributed by atoms with Crippen LogP contribution in [0.3, 0.4) is 0 Å². The molecular weight excluding hydrogens is 244 g/mol. The number of hydrogen-bond donors (Lipinski definition) is 0. The van der Waals surface area contributed by atoms with Crippen molar-refractivity contribution in [3.63, 3.8) is 0 Å². The van der Waals surface area contributed by atoms with Gasteiger partial charge in [0.15, 0.2) is 0 Å².